The Kier molecular flexibility index (Phi) is 6.49. The van der Waals surface area contributed by atoms with Crippen LogP contribution in [0.25, 0.3) is 0 Å². The lowest BCUT2D eigenvalue weighted by Gasteiger charge is -2.08. The van der Waals surface area contributed by atoms with Crippen LogP contribution in [0, 0.1) is 0 Å². The summed E-state index contributed by atoms with van der Waals surface area (Å²) in [6.45, 7) is -0.132. The second kappa shape index (κ2) is 8.59. The number of ketones is 1. The van der Waals surface area contributed by atoms with E-state index in [1.165, 1.54) is 11.3 Å². The van der Waals surface area contributed by atoms with Crippen molar-refractivity contribution in [3.05, 3.63) is 51.1 Å². The molecule has 2 aromatic rings. The molecule has 0 saturated carbocycles. The van der Waals surface area contributed by atoms with Gasteiger partial charge in [-0.25, -0.2) is 0 Å². The number of anilines is 1. The molecule has 1 aromatic heterocycles. The highest BCUT2D eigenvalue weighted by atomic mass is 79.9. The van der Waals surface area contributed by atoms with Crippen LogP contribution in [0.1, 0.15) is 22.5 Å². The summed E-state index contributed by atoms with van der Waals surface area (Å²) in [7, 11) is 0. The predicted octanol–water partition coefficient (Wildman–Crippen LogP) is 3.23. The quantitative estimate of drug-likeness (QED) is 0.707. The highest BCUT2D eigenvalue weighted by molar-refractivity contribution is 9.10. The van der Waals surface area contributed by atoms with Crippen LogP contribution in [0.3, 0.4) is 0 Å². The van der Waals surface area contributed by atoms with E-state index in [4.69, 9.17) is 0 Å². The number of carbonyl (C=O) groups is 3. The minimum absolute atomic E-state index is 0.0622. The van der Waals surface area contributed by atoms with Gasteiger partial charge in [0.15, 0.2) is 5.78 Å². The van der Waals surface area contributed by atoms with Crippen molar-refractivity contribution in [2.45, 2.75) is 12.8 Å². The molecule has 2 N–H and O–H groups in total. The molecule has 23 heavy (non-hydrogen) atoms. The van der Waals surface area contributed by atoms with Crippen LogP contribution in [0.15, 0.2) is 46.3 Å². The Morgan fingerprint density at radius 2 is 1.78 bits per heavy atom. The molecule has 1 aromatic carbocycles. The third-order valence-electron chi connectivity index (χ3n) is 2.97. The van der Waals surface area contributed by atoms with Crippen molar-refractivity contribution in [2.24, 2.45) is 0 Å². The molecule has 2 amide bonds. The van der Waals surface area contributed by atoms with Crippen molar-refractivity contribution in [2.75, 3.05) is 11.9 Å². The summed E-state index contributed by atoms with van der Waals surface area (Å²) >= 11 is 4.68. The zero-order valence-electron chi connectivity index (χ0n) is 12.2. The molecule has 5 nitrogen and oxygen atoms in total. The lowest BCUT2D eigenvalue weighted by Crippen LogP contribution is -2.33. The molecular weight excluding hydrogens is 380 g/mol. The normalized spacial score (nSPS) is 10.1. The van der Waals surface area contributed by atoms with Crippen LogP contribution < -0.4 is 10.6 Å². The zero-order valence-corrected chi connectivity index (χ0v) is 14.6. The first-order chi connectivity index (χ1) is 11.1. The fourth-order valence-electron chi connectivity index (χ4n) is 1.81. The average Bonchev–Trinajstić information content (AvgIpc) is 3.07. The summed E-state index contributed by atoms with van der Waals surface area (Å²) in [4.78, 5) is 35.9. The van der Waals surface area contributed by atoms with Crippen LogP contribution >= 0.6 is 27.3 Å². The highest BCUT2D eigenvalue weighted by Gasteiger charge is 2.11. The summed E-state index contributed by atoms with van der Waals surface area (Å²) in [5.41, 5.74) is 0.639. The number of halogens is 1. The number of nitrogens with one attached hydrogen (secondary N) is 2. The summed E-state index contributed by atoms with van der Waals surface area (Å²) in [5.74, 6) is -0.708. The molecule has 120 valence electrons. The Hall–Kier alpha value is -1.99. The molecule has 0 aliphatic heterocycles. The van der Waals surface area contributed by atoms with Crippen molar-refractivity contribution >= 4 is 50.6 Å². The van der Waals surface area contributed by atoms with E-state index in [-0.39, 0.29) is 37.0 Å². The van der Waals surface area contributed by atoms with Crippen molar-refractivity contribution in [3.8, 4) is 0 Å². The van der Waals surface area contributed by atoms with E-state index in [1.807, 2.05) is 17.5 Å². The van der Waals surface area contributed by atoms with E-state index in [0.717, 1.165) is 4.47 Å². The van der Waals surface area contributed by atoms with Gasteiger partial charge in [-0.3, -0.25) is 14.4 Å². The van der Waals surface area contributed by atoms with Crippen LogP contribution in [-0.2, 0) is 9.59 Å². The van der Waals surface area contributed by atoms with E-state index in [0.29, 0.717) is 10.6 Å². The molecule has 0 atom stereocenters. The Labute approximate surface area is 146 Å². The molecule has 0 radical (unpaired) electrons. The van der Waals surface area contributed by atoms with Gasteiger partial charge in [-0.05, 0) is 39.5 Å². The molecule has 0 aliphatic carbocycles. The van der Waals surface area contributed by atoms with Gasteiger partial charge in [-0.15, -0.1) is 11.3 Å². The third-order valence-corrected chi connectivity index (χ3v) is 4.57. The van der Waals surface area contributed by atoms with Gasteiger partial charge in [0.25, 0.3) is 0 Å². The first kappa shape index (κ1) is 17.4. The molecule has 7 heteroatoms. The molecule has 0 unspecified atom stereocenters. The van der Waals surface area contributed by atoms with E-state index in [9.17, 15) is 14.4 Å². The number of amides is 2. The van der Waals surface area contributed by atoms with Gasteiger partial charge >= 0.3 is 0 Å². The topological polar surface area (TPSA) is 75.3 Å². The maximum atomic E-state index is 11.8. The zero-order chi connectivity index (χ0) is 16.7. The van der Waals surface area contributed by atoms with Crippen molar-refractivity contribution in [1.29, 1.82) is 0 Å². The molecule has 0 saturated heterocycles. The summed E-state index contributed by atoms with van der Waals surface area (Å²) in [5, 5.41) is 7.01. The first-order valence-electron chi connectivity index (χ1n) is 6.94. The number of thiophene rings is 1. The standard InChI is InChI=1S/C16H15BrN2O3S/c17-11-4-1-2-5-12(11)19-16(22)10-18-15(21)8-7-13(20)14-6-3-9-23-14/h1-6,9H,7-8,10H2,(H,18,21)(H,19,22). The van der Waals surface area contributed by atoms with E-state index < -0.39 is 0 Å². The molecule has 0 bridgehead atoms. The lowest BCUT2D eigenvalue weighted by atomic mass is 10.2. The number of Topliss-reactive ketones (excluding diaryl/α,β-unsaturated/α-hetero) is 1. The lowest BCUT2D eigenvalue weighted by molar-refractivity contribution is -0.124. The molecule has 2 rings (SSSR count). The minimum atomic E-state index is -0.324. The Balaban J connectivity index is 1.71. The van der Waals surface area contributed by atoms with E-state index in [1.54, 1.807) is 24.3 Å². The first-order valence-corrected chi connectivity index (χ1v) is 8.61. The number of benzene rings is 1. The van der Waals surface area contributed by atoms with Crippen LogP contribution in [0.4, 0.5) is 5.69 Å². The predicted molar refractivity (Wildman–Crippen MR) is 93.7 cm³/mol. The molecule has 0 aliphatic rings. The van der Waals surface area contributed by atoms with Gasteiger partial charge in [-0.2, -0.15) is 0 Å². The van der Waals surface area contributed by atoms with Gasteiger partial charge in [-0.1, -0.05) is 18.2 Å². The van der Waals surface area contributed by atoms with Crippen molar-refractivity contribution in [3.63, 3.8) is 0 Å². The second-order valence-corrected chi connectivity index (χ2v) is 6.51. The maximum Gasteiger partial charge on any atom is 0.243 e. The van der Waals surface area contributed by atoms with Crippen LogP contribution in [0.2, 0.25) is 0 Å². The summed E-state index contributed by atoms with van der Waals surface area (Å²) in [6, 6.07) is 10.7. The molecular formula is C16H15BrN2O3S. The monoisotopic (exact) mass is 394 g/mol. The largest absolute Gasteiger partial charge is 0.347 e. The summed E-state index contributed by atoms with van der Waals surface area (Å²) < 4.78 is 0.765. The van der Waals surface area contributed by atoms with Gasteiger partial charge in [0.05, 0.1) is 17.1 Å². The fourth-order valence-corrected chi connectivity index (χ4v) is 2.89. The van der Waals surface area contributed by atoms with E-state index >= 15 is 0 Å². The Morgan fingerprint density at radius 3 is 2.48 bits per heavy atom. The van der Waals surface area contributed by atoms with Gasteiger partial charge in [0.2, 0.25) is 11.8 Å². The Morgan fingerprint density at radius 1 is 1.00 bits per heavy atom. The second-order valence-electron chi connectivity index (χ2n) is 4.71. The highest BCUT2D eigenvalue weighted by Crippen LogP contribution is 2.20. The Bertz CT molecular complexity index is 701. The fraction of sp³-hybridized carbons (Fsp3) is 0.188. The van der Waals surface area contributed by atoms with Gasteiger partial charge in [0, 0.05) is 17.3 Å². The van der Waals surface area contributed by atoms with Gasteiger partial charge < -0.3 is 10.6 Å². The van der Waals surface area contributed by atoms with Crippen molar-refractivity contribution < 1.29 is 14.4 Å². The van der Waals surface area contributed by atoms with Crippen molar-refractivity contribution in [1.82, 2.24) is 5.32 Å². The number of hydrogen-bond donors (Lipinski definition) is 2. The number of hydrogen-bond acceptors (Lipinski definition) is 4. The molecule has 0 fully saturated rings. The third kappa shape index (κ3) is 5.61. The van der Waals surface area contributed by atoms with Crippen LogP contribution in [0.5, 0.6) is 0 Å². The van der Waals surface area contributed by atoms with Gasteiger partial charge in [0.1, 0.15) is 0 Å². The molecule has 0 spiro atoms. The number of rotatable bonds is 7. The molecule has 1 heterocycles. The minimum Gasteiger partial charge on any atom is -0.347 e. The number of carbonyl (C=O) groups excluding carboxylic acids is 3. The maximum absolute atomic E-state index is 11.8. The summed E-state index contributed by atoms with van der Waals surface area (Å²) in [6.07, 6.45) is 0.206. The smallest absolute Gasteiger partial charge is 0.243 e. The SMILES string of the molecule is O=C(CCC(=O)c1cccs1)NCC(=O)Nc1ccccc1Br. The number of para-hydroxylation sites is 1. The van der Waals surface area contributed by atoms with Crippen LogP contribution in [-0.4, -0.2) is 24.1 Å². The average molecular weight is 395 g/mol. The van der Waals surface area contributed by atoms with E-state index in [2.05, 4.69) is 26.6 Å².